The molecule has 2 fully saturated rings. The number of anilines is 2. The average Bonchev–Trinajstić information content (AvgIpc) is 3.12. The number of amides is 3. The molecule has 3 atom stereocenters. The number of carbonyl (C=O) groups is 5. The van der Waals surface area contributed by atoms with E-state index in [4.69, 9.17) is 9.47 Å². The average molecular weight is 493 g/mol. The number of hydrogen-bond donors (Lipinski definition) is 1. The van der Waals surface area contributed by atoms with Gasteiger partial charge in [0.15, 0.2) is 6.61 Å². The highest BCUT2D eigenvalue weighted by Crippen LogP contribution is 2.42. The van der Waals surface area contributed by atoms with Crippen LogP contribution in [0, 0.1) is 17.8 Å². The van der Waals surface area contributed by atoms with Crippen molar-refractivity contribution in [3.05, 3.63) is 59.7 Å². The van der Waals surface area contributed by atoms with E-state index in [1.54, 1.807) is 19.1 Å². The van der Waals surface area contributed by atoms with Crippen LogP contribution in [-0.4, -0.2) is 42.9 Å². The number of esters is 2. The van der Waals surface area contributed by atoms with Crippen LogP contribution < -0.4 is 10.2 Å². The molecule has 9 heteroatoms. The monoisotopic (exact) mass is 492 g/mol. The van der Waals surface area contributed by atoms with Gasteiger partial charge in [0.05, 0.1) is 35.3 Å². The fourth-order valence-corrected chi connectivity index (χ4v) is 4.73. The van der Waals surface area contributed by atoms with Gasteiger partial charge in [0.1, 0.15) is 0 Å². The molecule has 3 amide bonds. The van der Waals surface area contributed by atoms with Crippen LogP contribution in [0.25, 0.3) is 0 Å². The van der Waals surface area contributed by atoms with Crippen molar-refractivity contribution in [1.29, 1.82) is 0 Å². The second-order valence-electron chi connectivity index (χ2n) is 9.12. The Kier molecular flexibility index (Phi) is 7.47. The Bertz CT molecular complexity index is 1190. The molecule has 1 saturated carbocycles. The summed E-state index contributed by atoms with van der Waals surface area (Å²) in [5, 5.41) is 2.58. The maximum atomic E-state index is 13.0. The summed E-state index contributed by atoms with van der Waals surface area (Å²) in [7, 11) is 0. The van der Waals surface area contributed by atoms with E-state index in [9.17, 15) is 24.0 Å². The van der Waals surface area contributed by atoms with Gasteiger partial charge in [0.25, 0.3) is 5.91 Å². The Morgan fingerprint density at radius 1 is 0.917 bits per heavy atom. The fraction of sp³-hybridized carbons (Fsp3) is 0.370. The van der Waals surface area contributed by atoms with Gasteiger partial charge in [-0.15, -0.1) is 0 Å². The van der Waals surface area contributed by atoms with Crippen LogP contribution in [0.1, 0.15) is 53.8 Å². The molecule has 0 spiro atoms. The van der Waals surface area contributed by atoms with Crippen molar-refractivity contribution in [3.8, 4) is 0 Å². The topological polar surface area (TPSA) is 119 Å². The number of nitrogens with zero attached hydrogens (tertiary/aromatic N) is 1. The maximum Gasteiger partial charge on any atom is 0.338 e. The number of nitrogens with one attached hydrogen (secondary N) is 1. The molecular weight excluding hydrogens is 464 g/mol. The minimum absolute atomic E-state index is 0.128. The van der Waals surface area contributed by atoms with Crippen LogP contribution in [-0.2, 0) is 23.9 Å². The van der Waals surface area contributed by atoms with Crippen molar-refractivity contribution in [2.24, 2.45) is 17.8 Å². The molecule has 1 heterocycles. The number of rotatable bonds is 7. The molecule has 1 aliphatic carbocycles. The van der Waals surface area contributed by atoms with E-state index in [2.05, 4.69) is 12.2 Å². The summed E-state index contributed by atoms with van der Waals surface area (Å²) < 4.78 is 10.0. The van der Waals surface area contributed by atoms with Gasteiger partial charge in [-0.25, -0.2) is 9.59 Å². The number of ether oxygens (including phenoxy) is 2. The second-order valence-corrected chi connectivity index (χ2v) is 9.12. The quantitative estimate of drug-likeness (QED) is 0.463. The Hall–Kier alpha value is -4.01. The molecule has 188 valence electrons. The van der Waals surface area contributed by atoms with E-state index >= 15 is 0 Å². The predicted octanol–water partition coefficient (Wildman–Crippen LogP) is 3.58. The minimum Gasteiger partial charge on any atom is -0.462 e. The number of imide groups is 1. The Morgan fingerprint density at radius 3 is 2.33 bits per heavy atom. The van der Waals surface area contributed by atoms with Gasteiger partial charge >= 0.3 is 11.9 Å². The molecule has 1 N–H and O–H groups in total. The largest absolute Gasteiger partial charge is 0.462 e. The normalized spacial score (nSPS) is 21.1. The van der Waals surface area contributed by atoms with Crippen LogP contribution in [0.4, 0.5) is 11.4 Å². The molecule has 2 aromatic carbocycles. The summed E-state index contributed by atoms with van der Waals surface area (Å²) in [5.74, 6) is -2.46. The van der Waals surface area contributed by atoms with E-state index in [0.29, 0.717) is 35.7 Å². The maximum absolute atomic E-state index is 13.0. The fourth-order valence-electron chi connectivity index (χ4n) is 4.73. The first kappa shape index (κ1) is 25.1. The Labute approximate surface area is 208 Å². The minimum atomic E-state index is -0.755. The molecular formula is C27H28N2O7. The summed E-state index contributed by atoms with van der Waals surface area (Å²) >= 11 is 0. The van der Waals surface area contributed by atoms with Crippen molar-refractivity contribution in [2.45, 2.75) is 33.1 Å². The summed E-state index contributed by atoms with van der Waals surface area (Å²) in [6.45, 7) is 3.52. The van der Waals surface area contributed by atoms with Crippen molar-refractivity contribution in [1.82, 2.24) is 0 Å². The molecule has 0 unspecified atom stereocenters. The number of hydrogen-bond acceptors (Lipinski definition) is 7. The molecule has 9 nitrogen and oxygen atoms in total. The third kappa shape index (κ3) is 5.30. The molecule has 1 aliphatic heterocycles. The van der Waals surface area contributed by atoms with Gasteiger partial charge in [0, 0.05) is 5.69 Å². The molecule has 0 aromatic heterocycles. The van der Waals surface area contributed by atoms with Gasteiger partial charge < -0.3 is 14.8 Å². The Balaban J connectivity index is 1.35. The lowest BCUT2D eigenvalue weighted by Gasteiger charge is -2.25. The number of benzene rings is 2. The number of fused-ring (bicyclic) bond motifs is 1. The lowest BCUT2D eigenvalue weighted by Crippen LogP contribution is -2.31. The van der Waals surface area contributed by atoms with E-state index in [-0.39, 0.29) is 35.8 Å². The third-order valence-corrected chi connectivity index (χ3v) is 6.54. The second kappa shape index (κ2) is 10.7. The van der Waals surface area contributed by atoms with E-state index in [1.165, 1.54) is 41.3 Å². The van der Waals surface area contributed by atoms with Gasteiger partial charge in [-0.3, -0.25) is 19.3 Å². The first-order valence-corrected chi connectivity index (χ1v) is 12.0. The number of carbonyl (C=O) groups excluding carboxylic acids is 5. The van der Waals surface area contributed by atoms with E-state index in [1.807, 2.05) is 0 Å². The van der Waals surface area contributed by atoms with Crippen LogP contribution in [0.2, 0.25) is 0 Å². The zero-order valence-electron chi connectivity index (χ0n) is 20.2. The highest BCUT2D eigenvalue weighted by Gasteiger charge is 2.50. The van der Waals surface area contributed by atoms with Crippen LogP contribution in [0.15, 0.2) is 48.5 Å². The molecule has 4 rings (SSSR count). The first-order chi connectivity index (χ1) is 17.3. The zero-order chi connectivity index (χ0) is 25.8. The summed E-state index contributed by atoms with van der Waals surface area (Å²) in [6, 6.07) is 12.2. The van der Waals surface area contributed by atoms with Crippen molar-refractivity contribution in [3.63, 3.8) is 0 Å². The zero-order valence-corrected chi connectivity index (χ0v) is 20.2. The summed E-state index contributed by atoms with van der Waals surface area (Å²) in [4.78, 5) is 63.6. The van der Waals surface area contributed by atoms with Gasteiger partial charge in [-0.1, -0.05) is 13.0 Å². The van der Waals surface area contributed by atoms with Crippen LogP contribution in [0.5, 0.6) is 0 Å². The predicted molar refractivity (Wildman–Crippen MR) is 130 cm³/mol. The smallest absolute Gasteiger partial charge is 0.338 e. The molecule has 1 saturated heterocycles. The third-order valence-electron chi connectivity index (χ3n) is 6.54. The van der Waals surface area contributed by atoms with Crippen molar-refractivity contribution >= 4 is 41.0 Å². The van der Waals surface area contributed by atoms with Gasteiger partial charge in [-0.2, -0.15) is 0 Å². The van der Waals surface area contributed by atoms with Crippen LogP contribution >= 0.6 is 0 Å². The summed E-state index contributed by atoms with van der Waals surface area (Å²) in [5.41, 5.74) is 1.23. The summed E-state index contributed by atoms with van der Waals surface area (Å²) in [6.07, 6.45) is 2.29. The molecule has 36 heavy (non-hydrogen) atoms. The lowest BCUT2D eigenvalue weighted by molar-refractivity contribution is -0.122. The molecule has 0 radical (unpaired) electrons. The Morgan fingerprint density at radius 2 is 1.61 bits per heavy atom. The highest BCUT2D eigenvalue weighted by molar-refractivity contribution is 6.22. The lowest BCUT2D eigenvalue weighted by atomic mass is 9.76. The van der Waals surface area contributed by atoms with E-state index < -0.39 is 24.5 Å². The van der Waals surface area contributed by atoms with Crippen molar-refractivity contribution < 1.29 is 33.4 Å². The van der Waals surface area contributed by atoms with Gasteiger partial charge in [-0.05, 0) is 74.6 Å². The first-order valence-electron chi connectivity index (χ1n) is 12.0. The molecule has 2 aliphatic rings. The van der Waals surface area contributed by atoms with Gasteiger partial charge in [0.2, 0.25) is 11.8 Å². The van der Waals surface area contributed by atoms with Crippen LogP contribution in [0.3, 0.4) is 0 Å². The molecule has 2 aromatic rings. The van der Waals surface area contributed by atoms with Crippen molar-refractivity contribution in [2.75, 3.05) is 23.4 Å². The van der Waals surface area contributed by atoms with E-state index in [0.717, 1.165) is 6.42 Å². The standard InChI is InChI=1S/C27H28N2O7/c1-3-35-26(33)17-8-10-19(11-9-17)28-23(30)15-36-27(34)18-5-4-6-20(14-18)29-24(31)21-12-7-16(2)13-22(21)25(29)32/h4-6,8-11,14,16,21-22H,3,7,12-13,15H2,1-2H3,(H,28,30)/t16-,21+,22+/m0/s1. The highest BCUT2D eigenvalue weighted by atomic mass is 16.5. The molecule has 0 bridgehead atoms. The SMILES string of the molecule is CCOC(=O)c1ccc(NC(=O)COC(=O)c2cccc(N3C(=O)[C@@H]4CC[C@H](C)C[C@H]4C3=O)c2)cc1.